The Morgan fingerprint density at radius 3 is 2.57 bits per heavy atom. The molecule has 1 aliphatic heterocycles. The van der Waals surface area contributed by atoms with Gasteiger partial charge in [-0.25, -0.2) is 4.98 Å². The number of carbonyl (C=O) groups is 1. The predicted molar refractivity (Wildman–Crippen MR) is 172 cm³/mol. The van der Waals surface area contributed by atoms with E-state index in [4.69, 9.17) is 32.9 Å². The third-order valence-electron chi connectivity index (χ3n) is 7.13. The van der Waals surface area contributed by atoms with E-state index in [1.54, 1.807) is 28.8 Å². The summed E-state index contributed by atoms with van der Waals surface area (Å²) < 4.78 is 7.58. The van der Waals surface area contributed by atoms with Crippen LogP contribution in [0.25, 0.3) is 27.5 Å². The van der Waals surface area contributed by atoms with Gasteiger partial charge in [0.05, 0.1) is 29.1 Å². The first-order chi connectivity index (χ1) is 20.2. The Kier molecular flexibility index (Phi) is 9.38. The summed E-state index contributed by atoms with van der Waals surface area (Å²) in [6.45, 7) is 10.4. The van der Waals surface area contributed by atoms with Crippen LogP contribution in [0.4, 0.5) is 0 Å². The van der Waals surface area contributed by atoms with E-state index in [2.05, 4.69) is 26.1 Å². The van der Waals surface area contributed by atoms with Gasteiger partial charge in [-0.15, -0.1) is 11.3 Å². The first kappa shape index (κ1) is 30.3. The van der Waals surface area contributed by atoms with Gasteiger partial charge in [-0.2, -0.15) is 0 Å². The second kappa shape index (κ2) is 13.0. The molecule has 0 aliphatic carbocycles. The number of hydrogen-bond acceptors (Lipinski definition) is 6. The van der Waals surface area contributed by atoms with Crippen LogP contribution in [0.15, 0.2) is 58.7 Å². The zero-order chi connectivity index (χ0) is 30.0. The van der Waals surface area contributed by atoms with E-state index < -0.39 is 0 Å². The maximum absolute atomic E-state index is 14.5. The van der Waals surface area contributed by atoms with Crippen molar-refractivity contribution >= 4 is 40.4 Å². The molecule has 10 heteroatoms. The molecule has 0 spiro atoms. The van der Waals surface area contributed by atoms with Crippen molar-refractivity contribution in [3.63, 3.8) is 0 Å². The van der Waals surface area contributed by atoms with Crippen molar-refractivity contribution in [3.8, 4) is 33.3 Å². The van der Waals surface area contributed by atoms with Gasteiger partial charge in [-0.05, 0) is 62.6 Å². The average Bonchev–Trinajstić information content (AvgIpc) is 3.44. The van der Waals surface area contributed by atoms with E-state index in [1.165, 1.54) is 11.3 Å². The molecule has 1 amide bonds. The van der Waals surface area contributed by atoms with Crippen LogP contribution in [0.1, 0.15) is 43.7 Å². The van der Waals surface area contributed by atoms with Crippen LogP contribution in [0.5, 0.6) is 5.75 Å². The summed E-state index contributed by atoms with van der Waals surface area (Å²) in [5, 5.41) is 6.93. The van der Waals surface area contributed by atoms with Gasteiger partial charge in [0, 0.05) is 52.4 Å². The highest BCUT2D eigenvalue weighted by Crippen LogP contribution is 2.33. The highest BCUT2D eigenvalue weighted by atomic mass is 35.5. The number of aromatic nitrogens is 2. The lowest BCUT2D eigenvalue weighted by Gasteiger charge is -2.33. The molecule has 1 fully saturated rings. The number of piperazine rings is 1. The van der Waals surface area contributed by atoms with E-state index in [0.717, 1.165) is 11.3 Å². The van der Waals surface area contributed by atoms with E-state index in [9.17, 15) is 9.59 Å². The lowest BCUT2D eigenvalue weighted by molar-refractivity contribution is 0.0707. The Bertz CT molecular complexity index is 1650. The molecule has 1 N–H and O–H groups in total. The van der Waals surface area contributed by atoms with Gasteiger partial charge >= 0.3 is 0 Å². The maximum atomic E-state index is 14.5. The number of rotatable bonds is 8. The van der Waals surface area contributed by atoms with Crippen LogP contribution in [0, 0.1) is 5.92 Å². The molecule has 5 rings (SSSR count). The standard InChI is InChI=1S/C32H34Cl2N4O3S/c1-5-41-29-11-10-23(34)15-28(29)38-27(14-19(2)3)24(31(39)37-13-12-35-20(4)17-37)16-25(32(38)40)30-36-26(18-42-30)21-6-8-22(33)9-7-21/h6-11,15-16,18-20,35H,5,12-14,17H2,1-4H3/t20-/m0/s1. The first-order valence-corrected chi connectivity index (χ1v) is 15.8. The molecule has 4 aromatic rings. The Hall–Kier alpha value is -3.17. The molecule has 220 valence electrons. The highest BCUT2D eigenvalue weighted by Gasteiger charge is 2.29. The van der Waals surface area contributed by atoms with Crippen LogP contribution in [0.2, 0.25) is 10.0 Å². The van der Waals surface area contributed by atoms with Gasteiger partial charge in [0.2, 0.25) is 0 Å². The number of benzene rings is 2. The lowest BCUT2D eigenvalue weighted by atomic mass is 9.99. The Morgan fingerprint density at radius 1 is 1.14 bits per heavy atom. The number of thiazole rings is 1. The molecule has 1 saturated heterocycles. The number of halogens is 2. The Labute approximate surface area is 260 Å². The van der Waals surface area contributed by atoms with Crippen molar-refractivity contribution in [2.45, 2.75) is 40.2 Å². The third-order valence-corrected chi connectivity index (χ3v) is 8.49. The summed E-state index contributed by atoms with van der Waals surface area (Å²) in [7, 11) is 0. The molecule has 7 nitrogen and oxygen atoms in total. The summed E-state index contributed by atoms with van der Waals surface area (Å²) in [6.07, 6.45) is 0.504. The molecule has 2 aromatic carbocycles. The predicted octanol–water partition coefficient (Wildman–Crippen LogP) is 6.97. The zero-order valence-corrected chi connectivity index (χ0v) is 26.4. The largest absolute Gasteiger partial charge is 0.492 e. The number of pyridine rings is 1. The molecule has 1 aliphatic rings. The van der Waals surface area contributed by atoms with E-state index in [0.29, 0.717) is 76.0 Å². The average molecular weight is 626 g/mol. The van der Waals surface area contributed by atoms with Gasteiger partial charge in [-0.1, -0.05) is 49.2 Å². The van der Waals surface area contributed by atoms with Crippen LogP contribution in [0.3, 0.4) is 0 Å². The maximum Gasteiger partial charge on any atom is 0.265 e. The van der Waals surface area contributed by atoms with Crippen molar-refractivity contribution in [2.24, 2.45) is 5.92 Å². The first-order valence-electron chi connectivity index (χ1n) is 14.1. The highest BCUT2D eigenvalue weighted by molar-refractivity contribution is 7.13. The van der Waals surface area contributed by atoms with E-state index in [1.807, 2.05) is 41.5 Å². The molecular weight excluding hydrogens is 591 g/mol. The number of nitrogens with zero attached hydrogens (tertiary/aromatic N) is 3. The van der Waals surface area contributed by atoms with Crippen LogP contribution in [-0.4, -0.2) is 52.6 Å². The van der Waals surface area contributed by atoms with Gasteiger partial charge in [0.25, 0.3) is 11.5 Å². The molecule has 2 aromatic heterocycles. The van der Waals surface area contributed by atoms with Crippen molar-refractivity contribution in [3.05, 3.63) is 85.6 Å². The fourth-order valence-electron chi connectivity index (χ4n) is 5.21. The molecule has 0 unspecified atom stereocenters. The van der Waals surface area contributed by atoms with E-state index >= 15 is 0 Å². The minimum absolute atomic E-state index is 0.108. The summed E-state index contributed by atoms with van der Waals surface area (Å²) >= 11 is 13.9. The zero-order valence-electron chi connectivity index (χ0n) is 24.1. The number of hydrogen-bond donors (Lipinski definition) is 1. The molecule has 0 radical (unpaired) electrons. The van der Waals surface area contributed by atoms with Crippen LogP contribution in [-0.2, 0) is 6.42 Å². The quantitative estimate of drug-likeness (QED) is 0.229. The van der Waals surface area contributed by atoms with Gasteiger partial charge in [0.15, 0.2) is 0 Å². The minimum Gasteiger partial charge on any atom is -0.492 e. The van der Waals surface area contributed by atoms with Crippen LogP contribution < -0.4 is 15.6 Å². The Balaban J connectivity index is 1.77. The fraction of sp³-hybridized carbons (Fsp3) is 0.344. The molecule has 1 atom stereocenters. The molecule has 0 bridgehead atoms. The summed E-state index contributed by atoms with van der Waals surface area (Å²) in [5.41, 5.74) is 3.30. The monoisotopic (exact) mass is 624 g/mol. The van der Waals surface area contributed by atoms with Gasteiger partial charge < -0.3 is 15.0 Å². The van der Waals surface area contributed by atoms with Gasteiger partial charge in [0.1, 0.15) is 10.8 Å². The smallest absolute Gasteiger partial charge is 0.265 e. The number of amides is 1. The number of nitrogens with one attached hydrogen (secondary N) is 1. The topological polar surface area (TPSA) is 76.5 Å². The second-order valence-electron chi connectivity index (χ2n) is 10.9. The second-order valence-corrected chi connectivity index (χ2v) is 12.6. The third kappa shape index (κ3) is 6.42. The van der Waals surface area contributed by atoms with Crippen molar-refractivity contribution in [2.75, 3.05) is 26.2 Å². The summed E-state index contributed by atoms with van der Waals surface area (Å²) in [5.74, 6) is 0.575. The fourth-order valence-corrected chi connectivity index (χ4v) is 6.34. The summed E-state index contributed by atoms with van der Waals surface area (Å²) in [6, 6.07) is 14.5. The number of carbonyl (C=O) groups excluding carboxylic acids is 1. The SMILES string of the molecule is CCOc1ccc(Cl)cc1-n1c(CC(C)C)c(C(=O)N2CCN[C@@H](C)C2)cc(-c2nc(-c3ccc(Cl)cc3)cs2)c1=O. The molecule has 0 saturated carbocycles. The molecule has 3 heterocycles. The van der Waals surface area contributed by atoms with Crippen molar-refractivity contribution in [1.29, 1.82) is 0 Å². The Morgan fingerprint density at radius 2 is 1.88 bits per heavy atom. The van der Waals surface area contributed by atoms with Crippen LogP contribution >= 0.6 is 34.5 Å². The van der Waals surface area contributed by atoms with Crippen molar-refractivity contribution < 1.29 is 9.53 Å². The molecule has 42 heavy (non-hydrogen) atoms. The lowest BCUT2D eigenvalue weighted by Crippen LogP contribution is -2.51. The van der Waals surface area contributed by atoms with Gasteiger partial charge in [-0.3, -0.25) is 14.2 Å². The minimum atomic E-state index is -0.281. The normalized spacial score (nSPS) is 15.3. The van der Waals surface area contributed by atoms with E-state index in [-0.39, 0.29) is 23.4 Å². The number of ether oxygens (including phenoxy) is 1. The molecular formula is C32H34Cl2N4O3S. The summed E-state index contributed by atoms with van der Waals surface area (Å²) in [4.78, 5) is 35.5. The van der Waals surface area contributed by atoms with Crippen molar-refractivity contribution in [1.82, 2.24) is 19.8 Å².